The van der Waals surface area contributed by atoms with E-state index >= 15 is 0 Å². The smallest absolute Gasteiger partial charge is 0.536 e. The third-order valence-corrected chi connectivity index (χ3v) is 4.58. The van der Waals surface area contributed by atoms with E-state index < -0.39 is 0 Å². The number of hydrogen-bond donors (Lipinski definition) is 1. The standard InChI is InChI=1S/C14H18BN4O2S/c1-10-8-18(13-4-3-12(7-17-13)21-15-20)9-11(2)19(10)14-16-5-6-22-14/h3-7,10-11,20H,8-9H2,1-2H3/t10-,11+. The van der Waals surface area contributed by atoms with Crippen molar-refractivity contribution in [2.75, 3.05) is 22.9 Å². The Balaban J connectivity index is 1.73. The zero-order chi connectivity index (χ0) is 15.5. The van der Waals surface area contributed by atoms with Gasteiger partial charge in [0.25, 0.3) is 0 Å². The Bertz CT molecular complexity index is 583. The number of hydrogen-bond acceptors (Lipinski definition) is 7. The Labute approximate surface area is 134 Å². The maximum absolute atomic E-state index is 8.63. The zero-order valence-electron chi connectivity index (χ0n) is 12.6. The molecule has 3 rings (SSSR count). The van der Waals surface area contributed by atoms with Crippen LogP contribution >= 0.6 is 11.3 Å². The Morgan fingerprint density at radius 1 is 1.27 bits per heavy atom. The van der Waals surface area contributed by atoms with Crippen molar-refractivity contribution in [2.45, 2.75) is 25.9 Å². The van der Waals surface area contributed by atoms with Gasteiger partial charge in [0.2, 0.25) is 0 Å². The normalized spacial score (nSPS) is 21.8. The summed E-state index contributed by atoms with van der Waals surface area (Å²) in [6, 6.07) is 4.44. The van der Waals surface area contributed by atoms with Gasteiger partial charge in [-0.15, -0.1) is 11.3 Å². The van der Waals surface area contributed by atoms with Crippen LogP contribution in [0.4, 0.5) is 10.9 Å². The van der Waals surface area contributed by atoms with Gasteiger partial charge < -0.3 is 19.5 Å². The van der Waals surface area contributed by atoms with Crippen LogP contribution in [0.3, 0.4) is 0 Å². The van der Waals surface area contributed by atoms with Gasteiger partial charge in [-0.05, 0) is 26.0 Å². The highest BCUT2D eigenvalue weighted by Crippen LogP contribution is 2.28. The van der Waals surface area contributed by atoms with Crippen LogP contribution in [-0.4, -0.2) is 47.9 Å². The molecule has 0 aromatic carbocycles. The topological polar surface area (TPSA) is 61.7 Å². The van der Waals surface area contributed by atoms with E-state index in [2.05, 4.69) is 33.6 Å². The molecule has 0 unspecified atom stereocenters. The second kappa shape index (κ2) is 6.54. The molecule has 1 fully saturated rings. The van der Waals surface area contributed by atoms with Crippen molar-refractivity contribution in [1.82, 2.24) is 9.97 Å². The van der Waals surface area contributed by atoms with Gasteiger partial charge >= 0.3 is 7.69 Å². The molecule has 1 radical (unpaired) electrons. The van der Waals surface area contributed by atoms with Crippen LogP contribution in [0.5, 0.6) is 5.75 Å². The molecule has 22 heavy (non-hydrogen) atoms. The summed E-state index contributed by atoms with van der Waals surface area (Å²) in [4.78, 5) is 13.5. The molecule has 2 atom stereocenters. The number of anilines is 2. The fourth-order valence-electron chi connectivity index (χ4n) is 2.92. The van der Waals surface area contributed by atoms with Gasteiger partial charge in [0.05, 0.1) is 6.20 Å². The summed E-state index contributed by atoms with van der Waals surface area (Å²) >= 11 is 1.68. The van der Waals surface area contributed by atoms with Gasteiger partial charge in [-0.1, -0.05) is 0 Å². The van der Waals surface area contributed by atoms with E-state index in [9.17, 15) is 0 Å². The zero-order valence-corrected chi connectivity index (χ0v) is 13.4. The van der Waals surface area contributed by atoms with E-state index in [0.29, 0.717) is 25.5 Å². The molecule has 8 heteroatoms. The number of rotatable bonds is 4. The van der Waals surface area contributed by atoms with E-state index in [4.69, 9.17) is 9.68 Å². The molecule has 1 aliphatic rings. The number of aromatic nitrogens is 2. The molecule has 0 amide bonds. The molecule has 0 bridgehead atoms. The maximum atomic E-state index is 8.63. The number of thiazole rings is 1. The molecule has 6 nitrogen and oxygen atoms in total. The van der Waals surface area contributed by atoms with E-state index in [1.807, 2.05) is 17.6 Å². The lowest BCUT2D eigenvalue weighted by Gasteiger charge is -2.44. The molecular weight excluding hydrogens is 299 g/mol. The van der Waals surface area contributed by atoms with Crippen molar-refractivity contribution in [3.8, 4) is 5.75 Å². The summed E-state index contributed by atoms with van der Waals surface area (Å²) in [5.74, 6) is 1.44. The van der Waals surface area contributed by atoms with E-state index in [1.165, 1.54) is 0 Å². The van der Waals surface area contributed by atoms with Gasteiger partial charge in [0, 0.05) is 36.8 Å². The Hall–Kier alpha value is -1.80. The number of pyridine rings is 1. The third-order valence-electron chi connectivity index (χ3n) is 3.79. The van der Waals surface area contributed by atoms with Crippen molar-refractivity contribution in [1.29, 1.82) is 0 Å². The third kappa shape index (κ3) is 3.03. The SMILES string of the molecule is C[C@@H]1CN(c2ccc(O[B]O)cn2)C[C@H](C)N1c1nccs1. The average molecular weight is 317 g/mol. The molecule has 0 spiro atoms. The van der Waals surface area contributed by atoms with Crippen LogP contribution in [-0.2, 0) is 0 Å². The van der Waals surface area contributed by atoms with E-state index in [0.717, 1.165) is 24.0 Å². The summed E-state index contributed by atoms with van der Waals surface area (Å²) < 4.78 is 4.89. The highest BCUT2D eigenvalue weighted by molar-refractivity contribution is 7.13. The van der Waals surface area contributed by atoms with Crippen LogP contribution in [0.1, 0.15) is 13.8 Å². The van der Waals surface area contributed by atoms with Crippen molar-refractivity contribution >= 4 is 30.0 Å². The fourth-order valence-corrected chi connectivity index (χ4v) is 3.77. The minimum absolute atomic E-state index is 0.360. The molecule has 1 aliphatic heterocycles. The van der Waals surface area contributed by atoms with Crippen molar-refractivity contribution in [2.24, 2.45) is 0 Å². The van der Waals surface area contributed by atoms with Gasteiger partial charge in [0.15, 0.2) is 5.13 Å². The number of piperazine rings is 1. The van der Waals surface area contributed by atoms with Crippen LogP contribution in [0.25, 0.3) is 0 Å². The Morgan fingerprint density at radius 3 is 2.59 bits per heavy atom. The minimum atomic E-state index is 0.360. The Kier molecular flexibility index (Phi) is 4.49. The summed E-state index contributed by atoms with van der Waals surface area (Å²) in [6.07, 6.45) is 3.47. The van der Waals surface area contributed by atoms with Crippen LogP contribution in [0.2, 0.25) is 0 Å². The lowest BCUT2D eigenvalue weighted by molar-refractivity contribution is 0.451. The van der Waals surface area contributed by atoms with Crippen molar-refractivity contribution < 1.29 is 9.68 Å². The largest absolute Gasteiger partial charge is 0.569 e. The lowest BCUT2D eigenvalue weighted by Crippen LogP contribution is -2.57. The lowest BCUT2D eigenvalue weighted by atomic mass is 10.1. The first-order valence-electron chi connectivity index (χ1n) is 7.20. The second-order valence-electron chi connectivity index (χ2n) is 5.40. The second-order valence-corrected chi connectivity index (χ2v) is 6.27. The fraction of sp³-hybridized carbons (Fsp3) is 0.429. The first-order valence-corrected chi connectivity index (χ1v) is 8.08. The van der Waals surface area contributed by atoms with Gasteiger partial charge in [-0.3, -0.25) is 0 Å². The quantitative estimate of drug-likeness (QED) is 0.863. The molecule has 3 heterocycles. The van der Waals surface area contributed by atoms with E-state index in [1.54, 1.807) is 23.6 Å². The predicted molar refractivity (Wildman–Crippen MR) is 88.6 cm³/mol. The number of nitrogens with zero attached hydrogens (tertiary/aromatic N) is 4. The monoisotopic (exact) mass is 317 g/mol. The molecule has 1 saturated heterocycles. The average Bonchev–Trinajstić information content (AvgIpc) is 3.01. The van der Waals surface area contributed by atoms with Crippen LogP contribution < -0.4 is 14.5 Å². The van der Waals surface area contributed by atoms with Crippen molar-refractivity contribution in [3.05, 3.63) is 29.9 Å². The molecule has 2 aromatic heterocycles. The van der Waals surface area contributed by atoms with Crippen molar-refractivity contribution in [3.63, 3.8) is 0 Å². The van der Waals surface area contributed by atoms with Crippen LogP contribution in [0, 0.1) is 0 Å². The van der Waals surface area contributed by atoms with Gasteiger partial charge in [0.1, 0.15) is 11.6 Å². The maximum Gasteiger partial charge on any atom is 0.569 e. The predicted octanol–water partition coefficient (Wildman–Crippen LogP) is 1.55. The van der Waals surface area contributed by atoms with E-state index in [-0.39, 0.29) is 0 Å². The summed E-state index contributed by atoms with van der Waals surface area (Å²) in [5.41, 5.74) is 0. The molecule has 0 saturated carbocycles. The molecule has 1 N–H and O–H groups in total. The summed E-state index contributed by atoms with van der Waals surface area (Å²) in [7, 11) is 0.660. The first-order chi connectivity index (χ1) is 10.7. The Morgan fingerprint density at radius 2 is 2.05 bits per heavy atom. The van der Waals surface area contributed by atoms with Gasteiger partial charge in [-0.2, -0.15) is 0 Å². The molecule has 115 valence electrons. The molecule has 2 aromatic rings. The highest BCUT2D eigenvalue weighted by atomic mass is 32.1. The van der Waals surface area contributed by atoms with Crippen LogP contribution in [0.15, 0.2) is 29.9 Å². The summed E-state index contributed by atoms with van der Waals surface area (Å²) in [5, 5.41) is 11.7. The molecular formula is C14H18BN4O2S. The minimum Gasteiger partial charge on any atom is -0.536 e. The van der Waals surface area contributed by atoms with Gasteiger partial charge in [-0.25, -0.2) is 9.97 Å². The summed E-state index contributed by atoms with van der Waals surface area (Å²) in [6.45, 7) is 6.21. The first kappa shape index (κ1) is 15.1. The highest BCUT2D eigenvalue weighted by Gasteiger charge is 2.31. The molecule has 0 aliphatic carbocycles.